The first-order chi connectivity index (χ1) is 15.2. The predicted octanol–water partition coefficient (Wildman–Crippen LogP) is 3.55. The highest BCUT2D eigenvalue weighted by Gasteiger charge is 2.45. The Labute approximate surface area is 183 Å². The molecule has 8 heteroatoms. The number of carbonyl (C=O) groups excluding carboxylic acids is 1. The van der Waals surface area contributed by atoms with Crippen LogP contribution in [0.2, 0.25) is 0 Å². The molecular weight excluding hydrogens is 415 g/mol. The minimum Gasteiger partial charge on any atom is -0.458 e. The first-order valence-corrected chi connectivity index (χ1v) is 10.7. The first-order valence-electron chi connectivity index (χ1n) is 10.7. The van der Waals surface area contributed by atoms with Crippen molar-refractivity contribution in [2.75, 3.05) is 0 Å². The van der Waals surface area contributed by atoms with Crippen LogP contribution in [0.4, 0.5) is 4.39 Å². The lowest BCUT2D eigenvalue weighted by Gasteiger charge is -2.31. The smallest absolute Gasteiger partial charge is 0.343 e. The zero-order valence-electron chi connectivity index (χ0n) is 18.1. The normalized spacial score (nSPS) is 20.8. The number of halogens is 1. The van der Waals surface area contributed by atoms with E-state index in [9.17, 15) is 19.1 Å². The van der Waals surface area contributed by atoms with Crippen molar-refractivity contribution < 1.29 is 23.8 Å². The summed E-state index contributed by atoms with van der Waals surface area (Å²) in [6.07, 6.45) is 0.244. The van der Waals surface area contributed by atoms with Crippen molar-refractivity contribution in [1.29, 1.82) is 0 Å². The van der Waals surface area contributed by atoms with E-state index in [0.717, 1.165) is 10.9 Å². The summed E-state index contributed by atoms with van der Waals surface area (Å²) in [5.74, 6) is -2.30. The molecule has 166 valence electrons. The van der Waals surface area contributed by atoms with Gasteiger partial charge in [-0.15, -0.1) is 0 Å². The molecule has 1 aromatic carbocycles. The molecule has 3 aromatic rings. The van der Waals surface area contributed by atoms with Crippen LogP contribution in [-0.2, 0) is 28.3 Å². The Morgan fingerprint density at radius 1 is 1.31 bits per heavy atom. The van der Waals surface area contributed by atoms with E-state index in [0.29, 0.717) is 29.2 Å². The number of hydrogen-bond donors (Lipinski definition) is 1. The van der Waals surface area contributed by atoms with Crippen molar-refractivity contribution in [3.05, 3.63) is 57.4 Å². The topological polar surface area (TPSA) is 90.6 Å². The Kier molecular flexibility index (Phi) is 4.43. The van der Waals surface area contributed by atoms with Gasteiger partial charge >= 0.3 is 5.97 Å². The van der Waals surface area contributed by atoms with Crippen molar-refractivity contribution in [2.45, 2.75) is 58.2 Å². The maximum absolute atomic E-state index is 14.6. The Morgan fingerprint density at radius 3 is 2.81 bits per heavy atom. The molecule has 0 aliphatic carbocycles. The van der Waals surface area contributed by atoms with Gasteiger partial charge in [0.25, 0.3) is 5.56 Å². The molecule has 0 bridgehead atoms. The Hall–Kier alpha value is -3.26. The molecule has 7 nitrogen and oxygen atoms in total. The largest absolute Gasteiger partial charge is 0.458 e. The minimum atomic E-state index is -1.88. The molecule has 1 unspecified atom stereocenters. The predicted molar refractivity (Wildman–Crippen MR) is 115 cm³/mol. The monoisotopic (exact) mass is 438 g/mol. The van der Waals surface area contributed by atoms with E-state index in [-0.39, 0.29) is 36.1 Å². The third-order valence-electron chi connectivity index (χ3n) is 6.46. The van der Waals surface area contributed by atoms with E-state index < -0.39 is 17.4 Å². The van der Waals surface area contributed by atoms with Gasteiger partial charge < -0.3 is 19.1 Å². The summed E-state index contributed by atoms with van der Waals surface area (Å²) in [6.45, 7) is 4.85. The van der Waals surface area contributed by atoms with E-state index in [1.54, 1.807) is 36.6 Å². The second-order valence-electron chi connectivity index (χ2n) is 8.48. The molecule has 1 N–H and O–H groups in total. The zero-order chi connectivity index (χ0) is 22.8. The van der Waals surface area contributed by atoms with Gasteiger partial charge in [-0.25, -0.2) is 9.78 Å². The lowest BCUT2D eigenvalue weighted by atomic mass is 9.86. The number of aromatic nitrogens is 2. The molecular formula is C24H23FN2O5. The number of para-hydroxylation sites is 1. The number of pyridine rings is 2. The fraction of sp³-hybridized carbons (Fsp3) is 0.375. The molecule has 4 heterocycles. The number of nitrogens with zero attached hydrogens (tertiary/aromatic N) is 2. The van der Waals surface area contributed by atoms with Gasteiger partial charge in [0, 0.05) is 29.9 Å². The van der Waals surface area contributed by atoms with E-state index in [4.69, 9.17) is 14.5 Å². The van der Waals surface area contributed by atoms with Gasteiger partial charge in [-0.3, -0.25) is 4.79 Å². The van der Waals surface area contributed by atoms with Crippen molar-refractivity contribution >= 4 is 16.9 Å². The lowest BCUT2D eigenvalue weighted by Crippen LogP contribution is -2.44. The highest BCUT2D eigenvalue weighted by atomic mass is 19.2. The highest BCUT2D eigenvalue weighted by Crippen LogP contribution is 2.40. The maximum atomic E-state index is 14.6. The molecule has 0 fully saturated rings. The summed E-state index contributed by atoms with van der Waals surface area (Å²) in [7, 11) is 0. The van der Waals surface area contributed by atoms with Crippen LogP contribution in [0.15, 0.2) is 35.1 Å². The Morgan fingerprint density at radius 2 is 2.09 bits per heavy atom. The number of rotatable bonds is 4. The quantitative estimate of drug-likeness (QED) is 0.490. The molecule has 0 amide bonds. The van der Waals surface area contributed by atoms with Crippen LogP contribution in [0, 0.1) is 0 Å². The molecule has 2 aromatic heterocycles. The molecule has 0 radical (unpaired) electrons. The molecule has 32 heavy (non-hydrogen) atoms. The van der Waals surface area contributed by atoms with Crippen LogP contribution < -0.4 is 10.3 Å². The number of carbonyl (C=O) groups is 1. The molecule has 0 spiro atoms. The van der Waals surface area contributed by atoms with E-state index in [2.05, 4.69) is 0 Å². The van der Waals surface area contributed by atoms with Crippen LogP contribution in [0.1, 0.15) is 50.3 Å². The van der Waals surface area contributed by atoms with Gasteiger partial charge in [-0.2, -0.15) is 4.39 Å². The van der Waals surface area contributed by atoms with Crippen LogP contribution in [-0.4, -0.2) is 26.5 Å². The van der Waals surface area contributed by atoms with Crippen molar-refractivity contribution in [3.8, 4) is 17.1 Å². The van der Waals surface area contributed by atoms with E-state index >= 15 is 0 Å². The average molecular weight is 438 g/mol. The third-order valence-corrected chi connectivity index (χ3v) is 6.46. The maximum Gasteiger partial charge on any atom is 0.343 e. The number of benzene rings is 1. The summed E-state index contributed by atoms with van der Waals surface area (Å²) in [5, 5.41) is 11.7. The molecule has 2 atom stereocenters. The van der Waals surface area contributed by atoms with Crippen molar-refractivity contribution in [1.82, 2.24) is 9.55 Å². The lowest BCUT2D eigenvalue weighted by molar-refractivity contribution is -0.172. The summed E-state index contributed by atoms with van der Waals surface area (Å²) >= 11 is 0. The number of alkyl halides is 1. The molecule has 5 rings (SSSR count). The van der Waals surface area contributed by atoms with Gasteiger partial charge in [0.2, 0.25) is 5.85 Å². The van der Waals surface area contributed by atoms with Crippen LogP contribution in [0.5, 0.6) is 5.75 Å². The minimum absolute atomic E-state index is 0.0732. The zero-order valence-corrected chi connectivity index (χ0v) is 18.1. The summed E-state index contributed by atoms with van der Waals surface area (Å²) in [6, 6.07) is 8.85. The number of fused-ring (bicyclic) bond motifs is 5. The van der Waals surface area contributed by atoms with Crippen molar-refractivity contribution in [2.24, 2.45) is 0 Å². The highest BCUT2D eigenvalue weighted by molar-refractivity contribution is 5.89. The molecule has 2 aliphatic rings. The van der Waals surface area contributed by atoms with Crippen LogP contribution >= 0.6 is 0 Å². The standard InChI is InChI=1S/C24H23FN2O5/c1-4-23(3,25)32-18-8-6-7-13-9-14-11-27-17(19(14)26-20(13)18)10-16-15(21(27)28)12-31-22(29)24(16,30)5-2/h6-10,30H,4-5,11-12H2,1-3H3/t23?,24-/m0/s1. The summed E-state index contributed by atoms with van der Waals surface area (Å²) in [5.41, 5.74) is 0.672. The number of esters is 1. The summed E-state index contributed by atoms with van der Waals surface area (Å²) in [4.78, 5) is 30.3. The SMILES string of the molecule is CCC(C)(F)Oc1cccc2cc3c(nc12)-c1cc2c(c(=O)n1C3)COC(=O)[C@]2(O)CC. The van der Waals surface area contributed by atoms with E-state index in [1.165, 1.54) is 6.92 Å². The third kappa shape index (κ3) is 2.86. The van der Waals surface area contributed by atoms with Gasteiger partial charge in [0.15, 0.2) is 5.60 Å². The Balaban J connectivity index is 1.73. The summed E-state index contributed by atoms with van der Waals surface area (Å²) < 4.78 is 26.8. The molecule has 0 saturated heterocycles. The molecule has 0 saturated carbocycles. The number of cyclic esters (lactones) is 1. The number of ether oxygens (including phenoxy) is 2. The van der Waals surface area contributed by atoms with Gasteiger partial charge in [-0.1, -0.05) is 26.0 Å². The average Bonchev–Trinajstić information content (AvgIpc) is 3.13. The second kappa shape index (κ2) is 6.87. The van der Waals surface area contributed by atoms with Gasteiger partial charge in [-0.05, 0) is 24.6 Å². The first kappa shape index (κ1) is 20.6. The molecule has 2 aliphatic heterocycles. The number of aliphatic hydroxyl groups is 1. The fourth-order valence-corrected chi connectivity index (χ4v) is 4.36. The van der Waals surface area contributed by atoms with Gasteiger partial charge in [0.05, 0.1) is 23.5 Å². The van der Waals surface area contributed by atoms with Crippen molar-refractivity contribution in [3.63, 3.8) is 0 Å². The van der Waals surface area contributed by atoms with Crippen LogP contribution in [0.25, 0.3) is 22.3 Å². The van der Waals surface area contributed by atoms with E-state index in [1.807, 2.05) is 12.1 Å². The Bertz CT molecular complexity index is 1350. The van der Waals surface area contributed by atoms with Crippen LogP contribution in [0.3, 0.4) is 0 Å². The number of hydrogen-bond acceptors (Lipinski definition) is 6. The fourth-order valence-electron chi connectivity index (χ4n) is 4.36. The second-order valence-corrected chi connectivity index (χ2v) is 8.48. The van der Waals surface area contributed by atoms with Gasteiger partial charge in [0.1, 0.15) is 17.9 Å².